The van der Waals surface area contributed by atoms with E-state index in [1.807, 2.05) is 0 Å². The number of alkyl halides is 3. The molecule has 0 bridgehead atoms. The number of nitro groups is 1. The molecule has 0 aliphatic carbocycles. The van der Waals surface area contributed by atoms with Crippen LogP contribution in [0.25, 0.3) is 0 Å². The van der Waals surface area contributed by atoms with Gasteiger partial charge in [0.25, 0.3) is 11.6 Å². The van der Waals surface area contributed by atoms with Crippen molar-refractivity contribution in [1.29, 1.82) is 0 Å². The van der Waals surface area contributed by atoms with E-state index in [1.165, 1.54) is 6.07 Å². The van der Waals surface area contributed by atoms with Gasteiger partial charge in [0, 0.05) is 18.2 Å². The molecule has 0 fully saturated rings. The molecule has 1 N–H and O–H groups in total. The number of furan rings is 1. The second kappa shape index (κ2) is 11.0. The van der Waals surface area contributed by atoms with Crippen molar-refractivity contribution in [2.75, 3.05) is 5.32 Å². The third-order valence-electron chi connectivity index (χ3n) is 5.07. The molecule has 40 heavy (non-hydrogen) atoms. The molecular weight excluding hydrogens is 557 g/mol. The predicted molar refractivity (Wildman–Crippen MR) is 122 cm³/mol. The van der Waals surface area contributed by atoms with Crippen LogP contribution in [0.4, 0.5) is 42.1 Å². The Hall–Kier alpha value is -5.08. The van der Waals surface area contributed by atoms with E-state index in [-0.39, 0.29) is 29.0 Å². The lowest BCUT2D eigenvalue weighted by Gasteiger charge is -2.11. The molecular formula is C25H13F7N2O6. The van der Waals surface area contributed by atoms with Gasteiger partial charge in [0.15, 0.2) is 23.1 Å². The number of non-ortho nitro benzene ring substituents is 1. The van der Waals surface area contributed by atoms with Crippen LogP contribution < -0.4 is 14.8 Å². The Morgan fingerprint density at radius 1 is 0.925 bits per heavy atom. The number of hydrogen-bond acceptors (Lipinski definition) is 6. The number of ether oxygens (including phenoxy) is 2. The maximum Gasteiger partial charge on any atom is 0.416 e. The van der Waals surface area contributed by atoms with Crippen LogP contribution in [0.15, 0.2) is 65.1 Å². The van der Waals surface area contributed by atoms with E-state index in [9.17, 15) is 45.6 Å². The van der Waals surface area contributed by atoms with E-state index in [1.54, 1.807) is 0 Å². The maximum atomic E-state index is 13.7. The number of carbonyl (C=O) groups excluding carboxylic acids is 1. The summed E-state index contributed by atoms with van der Waals surface area (Å²) in [5, 5.41) is 13.6. The molecule has 3 aromatic carbocycles. The van der Waals surface area contributed by atoms with Crippen molar-refractivity contribution in [2.24, 2.45) is 0 Å². The molecule has 1 amide bonds. The Kier molecular flexibility index (Phi) is 7.65. The van der Waals surface area contributed by atoms with Gasteiger partial charge in [-0.25, -0.2) is 8.78 Å². The molecule has 0 aliphatic heterocycles. The lowest BCUT2D eigenvalue weighted by molar-refractivity contribution is -0.384. The van der Waals surface area contributed by atoms with Crippen LogP contribution in [0.3, 0.4) is 0 Å². The average Bonchev–Trinajstić information content (AvgIpc) is 3.36. The Morgan fingerprint density at radius 2 is 1.62 bits per heavy atom. The van der Waals surface area contributed by atoms with Crippen LogP contribution in [0.1, 0.15) is 21.9 Å². The first-order valence-electron chi connectivity index (χ1n) is 10.8. The molecule has 0 atom stereocenters. The average molecular weight is 570 g/mol. The summed E-state index contributed by atoms with van der Waals surface area (Å²) in [7, 11) is 0. The third kappa shape index (κ3) is 6.31. The number of hydrogen-bond donors (Lipinski definition) is 1. The summed E-state index contributed by atoms with van der Waals surface area (Å²) in [6, 6.07) is 8.95. The predicted octanol–water partition coefficient (Wildman–Crippen LogP) is 7.39. The minimum absolute atomic E-state index is 0.00312. The van der Waals surface area contributed by atoms with Crippen LogP contribution in [0.5, 0.6) is 17.2 Å². The van der Waals surface area contributed by atoms with Gasteiger partial charge in [-0.15, -0.1) is 0 Å². The summed E-state index contributed by atoms with van der Waals surface area (Å²) >= 11 is 0. The fraction of sp³-hybridized carbons (Fsp3) is 0.0800. The Balaban J connectivity index is 1.50. The van der Waals surface area contributed by atoms with Gasteiger partial charge in [-0.1, -0.05) is 6.07 Å². The number of carbonyl (C=O) groups is 1. The zero-order valence-electron chi connectivity index (χ0n) is 19.5. The first-order valence-corrected chi connectivity index (χ1v) is 10.8. The molecule has 0 unspecified atom stereocenters. The summed E-state index contributed by atoms with van der Waals surface area (Å²) in [6.45, 7) is -0.740. The van der Waals surface area contributed by atoms with Crippen molar-refractivity contribution >= 4 is 17.3 Å². The van der Waals surface area contributed by atoms with Gasteiger partial charge in [-0.2, -0.15) is 22.0 Å². The summed E-state index contributed by atoms with van der Waals surface area (Å²) in [4.78, 5) is 23.1. The summed E-state index contributed by atoms with van der Waals surface area (Å²) in [5.41, 5.74) is -1.79. The number of halogens is 7. The highest BCUT2D eigenvalue weighted by atomic mass is 19.4. The molecule has 4 rings (SSSR count). The molecule has 0 aliphatic rings. The molecule has 0 saturated carbocycles. The summed E-state index contributed by atoms with van der Waals surface area (Å²) in [5.74, 6) is -10.4. The third-order valence-corrected chi connectivity index (χ3v) is 5.07. The van der Waals surface area contributed by atoms with Gasteiger partial charge in [-0.3, -0.25) is 14.9 Å². The first kappa shape index (κ1) is 27.9. The summed E-state index contributed by atoms with van der Waals surface area (Å²) in [6.07, 6.45) is -4.66. The van der Waals surface area contributed by atoms with Crippen molar-refractivity contribution in [3.63, 3.8) is 0 Å². The highest BCUT2D eigenvalue weighted by Gasteiger charge is 2.30. The number of nitrogens with one attached hydrogen (secondary N) is 1. The Bertz CT molecular complexity index is 1580. The Labute approximate surface area is 218 Å². The molecule has 4 aromatic rings. The number of rotatable bonds is 8. The van der Waals surface area contributed by atoms with Crippen molar-refractivity contribution < 1.29 is 54.3 Å². The monoisotopic (exact) mass is 570 g/mol. The van der Waals surface area contributed by atoms with Gasteiger partial charge in [0.05, 0.1) is 22.2 Å². The minimum atomic E-state index is -4.66. The zero-order chi connectivity index (χ0) is 29.2. The molecule has 208 valence electrons. The smallest absolute Gasteiger partial charge is 0.416 e. The van der Waals surface area contributed by atoms with E-state index in [0.29, 0.717) is 6.07 Å². The topological polar surface area (TPSA) is 104 Å². The van der Waals surface area contributed by atoms with Crippen LogP contribution >= 0.6 is 0 Å². The molecule has 1 heterocycles. The lowest BCUT2D eigenvalue weighted by atomic mass is 10.2. The lowest BCUT2D eigenvalue weighted by Crippen LogP contribution is -2.11. The molecule has 0 saturated heterocycles. The van der Waals surface area contributed by atoms with E-state index in [4.69, 9.17) is 13.9 Å². The van der Waals surface area contributed by atoms with Crippen molar-refractivity contribution in [1.82, 2.24) is 0 Å². The van der Waals surface area contributed by atoms with Gasteiger partial charge < -0.3 is 19.2 Å². The number of amides is 1. The number of benzene rings is 3. The Morgan fingerprint density at radius 3 is 2.27 bits per heavy atom. The van der Waals surface area contributed by atoms with Gasteiger partial charge >= 0.3 is 6.18 Å². The maximum absolute atomic E-state index is 13.7. The molecule has 8 nitrogen and oxygen atoms in total. The zero-order valence-corrected chi connectivity index (χ0v) is 19.5. The van der Waals surface area contributed by atoms with E-state index < -0.39 is 69.6 Å². The van der Waals surface area contributed by atoms with Crippen LogP contribution in [0.2, 0.25) is 0 Å². The van der Waals surface area contributed by atoms with Crippen LogP contribution in [0, 0.1) is 33.4 Å². The fourth-order valence-electron chi connectivity index (χ4n) is 3.28. The second-order valence-corrected chi connectivity index (χ2v) is 7.91. The molecule has 0 spiro atoms. The minimum Gasteiger partial charge on any atom is -0.479 e. The normalized spacial score (nSPS) is 11.3. The number of nitrogens with zero attached hydrogens (tertiary/aromatic N) is 1. The van der Waals surface area contributed by atoms with E-state index >= 15 is 0 Å². The van der Waals surface area contributed by atoms with E-state index in [2.05, 4.69) is 5.32 Å². The number of nitro benzene ring substituents is 1. The standard InChI is InChI=1S/C25H13F7N2O6/c26-18-10-19(27)22(29)23(21(18)28)38-11-16-4-5-20(40-16)24(35)33-13-7-14(34(36)37)9-17(8-13)39-15-3-1-2-12(6-15)25(30,31)32/h1-10H,11H2,(H,33,35). The molecule has 0 radical (unpaired) electrons. The van der Waals surface area contributed by atoms with Crippen molar-refractivity contribution in [3.8, 4) is 17.2 Å². The van der Waals surface area contributed by atoms with E-state index in [0.717, 1.165) is 42.5 Å². The SMILES string of the molecule is O=C(Nc1cc(Oc2cccc(C(F)(F)F)c2)cc([N+](=O)[O-])c1)c1ccc(COc2c(F)c(F)cc(F)c2F)o1. The summed E-state index contributed by atoms with van der Waals surface area (Å²) < 4.78 is 108. The van der Waals surface area contributed by atoms with Crippen LogP contribution in [-0.4, -0.2) is 10.8 Å². The van der Waals surface area contributed by atoms with Crippen molar-refractivity contribution in [2.45, 2.75) is 12.8 Å². The van der Waals surface area contributed by atoms with Crippen LogP contribution in [-0.2, 0) is 12.8 Å². The molecule has 15 heteroatoms. The molecule has 1 aromatic heterocycles. The highest BCUT2D eigenvalue weighted by molar-refractivity contribution is 6.02. The van der Waals surface area contributed by atoms with Gasteiger partial charge in [-0.05, 0) is 30.3 Å². The quantitative estimate of drug-likeness (QED) is 0.103. The first-order chi connectivity index (χ1) is 18.8. The number of anilines is 1. The second-order valence-electron chi connectivity index (χ2n) is 7.91. The van der Waals surface area contributed by atoms with Gasteiger partial charge in [0.1, 0.15) is 23.9 Å². The highest BCUT2D eigenvalue weighted by Crippen LogP contribution is 2.35. The largest absolute Gasteiger partial charge is 0.479 e. The fourth-order valence-corrected chi connectivity index (χ4v) is 3.28. The van der Waals surface area contributed by atoms with Gasteiger partial charge in [0.2, 0.25) is 11.6 Å². The van der Waals surface area contributed by atoms with Crippen molar-refractivity contribution in [3.05, 3.63) is 111 Å².